The Labute approximate surface area is 98.9 Å². The molecule has 0 aliphatic carbocycles. The molecule has 1 aliphatic rings. The minimum atomic E-state index is -0.904. The number of nitrogens with one attached hydrogen (secondary N) is 1. The lowest BCUT2D eigenvalue weighted by Crippen LogP contribution is -2.42. The number of carboxylic acids is 1. The van der Waals surface area contributed by atoms with Gasteiger partial charge < -0.3 is 21.1 Å². The van der Waals surface area contributed by atoms with Crippen molar-refractivity contribution in [2.45, 2.75) is 13.3 Å². The first-order valence-electron chi connectivity index (χ1n) is 5.37. The lowest BCUT2D eigenvalue weighted by molar-refractivity contribution is -0.147. The molecule has 4 N–H and O–H groups in total. The summed E-state index contributed by atoms with van der Waals surface area (Å²) in [6, 6.07) is 0. The van der Waals surface area contributed by atoms with Crippen molar-refractivity contribution in [2.24, 2.45) is 11.1 Å². The number of rotatable bonds is 4. The molecule has 1 rings (SSSR count). The van der Waals surface area contributed by atoms with Crippen molar-refractivity contribution >= 4 is 17.8 Å². The van der Waals surface area contributed by atoms with Crippen molar-refractivity contribution in [2.75, 3.05) is 26.2 Å². The molecule has 1 heterocycles. The third kappa shape index (κ3) is 3.16. The quantitative estimate of drug-likeness (QED) is 0.549. The molecule has 1 atom stereocenters. The molecule has 1 saturated heterocycles. The van der Waals surface area contributed by atoms with Gasteiger partial charge in [-0.15, -0.1) is 0 Å². The van der Waals surface area contributed by atoms with E-state index in [2.05, 4.69) is 5.32 Å². The molecule has 0 bridgehead atoms. The molecule has 1 aliphatic heterocycles. The summed E-state index contributed by atoms with van der Waals surface area (Å²) in [5, 5.41) is 11.4. The van der Waals surface area contributed by atoms with E-state index in [0.717, 1.165) is 0 Å². The lowest BCUT2D eigenvalue weighted by atomic mass is 9.90. The predicted octanol–water partition coefficient (Wildman–Crippen LogP) is -1.62. The third-order valence-electron chi connectivity index (χ3n) is 2.96. The van der Waals surface area contributed by atoms with E-state index in [4.69, 9.17) is 10.8 Å². The molecule has 0 aromatic heterocycles. The number of nitrogens with zero attached hydrogens (tertiary/aromatic N) is 1. The van der Waals surface area contributed by atoms with Gasteiger partial charge in [-0.1, -0.05) is 0 Å². The van der Waals surface area contributed by atoms with E-state index < -0.39 is 17.3 Å². The number of carbonyl (C=O) groups excluding carboxylic acids is 2. The van der Waals surface area contributed by atoms with Gasteiger partial charge in [-0.05, 0) is 13.3 Å². The Bertz CT molecular complexity index is 344. The fraction of sp³-hybridized carbons (Fsp3) is 0.700. The summed E-state index contributed by atoms with van der Waals surface area (Å²) >= 11 is 0. The average Bonchev–Trinajstić information content (AvgIpc) is 2.69. The molecule has 1 fully saturated rings. The smallest absolute Gasteiger partial charge is 0.311 e. The Balaban J connectivity index is 2.46. The summed E-state index contributed by atoms with van der Waals surface area (Å²) in [6.07, 6.45) is 0.429. The molecule has 17 heavy (non-hydrogen) atoms. The van der Waals surface area contributed by atoms with E-state index in [-0.39, 0.29) is 25.5 Å². The van der Waals surface area contributed by atoms with Gasteiger partial charge in [-0.3, -0.25) is 14.4 Å². The molecule has 0 saturated carbocycles. The van der Waals surface area contributed by atoms with Crippen LogP contribution in [0.4, 0.5) is 0 Å². The van der Waals surface area contributed by atoms with Crippen LogP contribution in [0.15, 0.2) is 0 Å². The lowest BCUT2D eigenvalue weighted by Gasteiger charge is -2.20. The second kappa shape index (κ2) is 5.13. The van der Waals surface area contributed by atoms with E-state index in [0.29, 0.717) is 13.0 Å². The normalized spacial score (nSPS) is 23.5. The molecule has 7 heteroatoms. The summed E-state index contributed by atoms with van der Waals surface area (Å²) in [5.41, 5.74) is 4.20. The number of aliphatic carboxylic acids is 1. The maximum Gasteiger partial charge on any atom is 0.311 e. The number of hydrogen-bond acceptors (Lipinski definition) is 4. The van der Waals surface area contributed by atoms with Gasteiger partial charge in [0.2, 0.25) is 11.8 Å². The Morgan fingerprint density at radius 1 is 1.47 bits per heavy atom. The van der Waals surface area contributed by atoms with E-state index >= 15 is 0 Å². The number of hydrogen-bond donors (Lipinski definition) is 3. The molecule has 96 valence electrons. The van der Waals surface area contributed by atoms with Crippen LogP contribution in [0, 0.1) is 5.41 Å². The number of likely N-dealkylation sites (tertiary alicyclic amines) is 1. The van der Waals surface area contributed by atoms with Crippen LogP contribution in [0.1, 0.15) is 13.3 Å². The van der Waals surface area contributed by atoms with Crippen molar-refractivity contribution < 1.29 is 19.5 Å². The van der Waals surface area contributed by atoms with Crippen molar-refractivity contribution in [3.05, 3.63) is 0 Å². The average molecular weight is 243 g/mol. The van der Waals surface area contributed by atoms with Gasteiger partial charge in [-0.25, -0.2) is 0 Å². The molecule has 7 nitrogen and oxygen atoms in total. The van der Waals surface area contributed by atoms with E-state index in [1.54, 1.807) is 6.92 Å². The van der Waals surface area contributed by atoms with Crippen molar-refractivity contribution in [1.82, 2.24) is 10.2 Å². The summed E-state index contributed by atoms with van der Waals surface area (Å²) in [7, 11) is 0. The van der Waals surface area contributed by atoms with Gasteiger partial charge in [0, 0.05) is 13.1 Å². The van der Waals surface area contributed by atoms with Crippen molar-refractivity contribution in [3.8, 4) is 0 Å². The predicted molar refractivity (Wildman–Crippen MR) is 59.0 cm³/mol. The highest BCUT2D eigenvalue weighted by molar-refractivity contribution is 5.86. The summed E-state index contributed by atoms with van der Waals surface area (Å²) in [6.45, 7) is 1.90. The molecule has 0 aromatic rings. The van der Waals surface area contributed by atoms with Gasteiger partial charge in [0.25, 0.3) is 0 Å². The van der Waals surface area contributed by atoms with Crippen LogP contribution in [0.3, 0.4) is 0 Å². The summed E-state index contributed by atoms with van der Waals surface area (Å²) < 4.78 is 0. The third-order valence-corrected chi connectivity index (χ3v) is 2.96. The van der Waals surface area contributed by atoms with Crippen LogP contribution in [-0.4, -0.2) is 54.0 Å². The van der Waals surface area contributed by atoms with Gasteiger partial charge in [-0.2, -0.15) is 0 Å². The minimum absolute atomic E-state index is 0.133. The summed E-state index contributed by atoms with van der Waals surface area (Å²) in [5.74, 6) is -1.59. The molecule has 1 unspecified atom stereocenters. The topological polar surface area (TPSA) is 113 Å². The van der Waals surface area contributed by atoms with E-state index in [9.17, 15) is 14.4 Å². The number of carboxylic acid groups (broad SMARTS) is 1. The van der Waals surface area contributed by atoms with E-state index in [1.165, 1.54) is 4.90 Å². The Hall–Kier alpha value is -1.63. The Morgan fingerprint density at radius 3 is 2.59 bits per heavy atom. The van der Waals surface area contributed by atoms with Gasteiger partial charge in [0.1, 0.15) is 0 Å². The highest BCUT2D eigenvalue weighted by Gasteiger charge is 2.41. The zero-order chi connectivity index (χ0) is 13.1. The molecule has 0 radical (unpaired) electrons. The van der Waals surface area contributed by atoms with Gasteiger partial charge >= 0.3 is 5.97 Å². The van der Waals surface area contributed by atoms with Crippen LogP contribution in [0.2, 0.25) is 0 Å². The monoisotopic (exact) mass is 243 g/mol. The Morgan fingerprint density at radius 2 is 2.12 bits per heavy atom. The standard InChI is InChI=1S/C10H17N3O4/c1-10(9(16)17)2-3-13(6-10)8(15)5-12-7(14)4-11/h2-6,11H2,1H3,(H,12,14)(H,16,17). The van der Waals surface area contributed by atoms with Gasteiger partial charge in [0.15, 0.2) is 0 Å². The zero-order valence-electron chi connectivity index (χ0n) is 9.73. The first-order chi connectivity index (χ1) is 7.89. The second-order valence-electron chi connectivity index (χ2n) is 4.41. The van der Waals surface area contributed by atoms with Crippen LogP contribution >= 0.6 is 0 Å². The Kier molecular flexibility index (Phi) is 4.06. The molecule has 2 amide bonds. The summed E-state index contributed by atoms with van der Waals surface area (Å²) in [4.78, 5) is 34.9. The van der Waals surface area contributed by atoms with Crippen LogP contribution < -0.4 is 11.1 Å². The first-order valence-corrected chi connectivity index (χ1v) is 5.37. The first kappa shape index (κ1) is 13.4. The zero-order valence-corrected chi connectivity index (χ0v) is 9.73. The van der Waals surface area contributed by atoms with Crippen LogP contribution in [0.25, 0.3) is 0 Å². The van der Waals surface area contributed by atoms with Crippen molar-refractivity contribution in [1.29, 1.82) is 0 Å². The molecular weight excluding hydrogens is 226 g/mol. The highest BCUT2D eigenvalue weighted by atomic mass is 16.4. The maximum absolute atomic E-state index is 11.7. The van der Waals surface area contributed by atoms with Gasteiger partial charge in [0.05, 0.1) is 18.5 Å². The maximum atomic E-state index is 11.7. The number of amides is 2. The SMILES string of the molecule is CC1(C(=O)O)CCN(C(=O)CNC(=O)CN)C1. The molecule has 0 spiro atoms. The van der Waals surface area contributed by atoms with Crippen molar-refractivity contribution in [3.63, 3.8) is 0 Å². The minimum Gasteiger partial charge on any atom is -0.481 e. The van der Waals surface area contributed by atoms with E-state index in [1.807, 2.05) is 0 Å². The number of nitrogens with two attached hydrogens (primary N) is 1. The second-order valence-corrected chi connectivity index (χ2v) is 4.41. The fourth-order valence-corrected chi connectivity index (χ4v) is 1.71. The highest BCUT2D eigenvalue weighted by Crippen LogP contribution is 2.29. The van der Waals surface area contributed by atoms with Crippen LogP contribution in [-0.2, 0) is 14.4 Å². The largest absolute Gasteiger partial charge is 0.481 e. The molecule has 0 aromatic carbocycles. The fourth-order valence-electron chi connectivity index (χ4n) is 1.71. The van der Waals surface area contributed by atoms with Crippen LogP contribution in [0.5, 0.6) is 0 Å². The number of carbonyl (C=O) groups is 3. The molecular formula is C10H17N3O4.